The van der Waals surface area contributed by atoms with Crippen LogP contribution in [0.2, 0.25) is 0 Å². The van der Waals surface area contributed by atoms with Crippen molar-refractivity contribution in [1.29, 1.82) is 5.26 Å². The van der Waals surface area contributed by atoms with Gasteiger partial charge in [-0.05, 0) is 57.3 Å². The molecule has 3 aliphatic rings. The van der Waals surface area contributed by atoms with Crippen LogP contribution >= 0.6 is 0 Å². The summed E-state index contributed by atoms with van der Waals surface area (Å²) >= 11 is 0. The summed E-state index contributed by atoms with van der Waals surface area (Å²) in [5.74, 6) is -1.65. The van der Waals surface area contributed by atoms with Gasteiger partial charge in [-0.25, -0.2) is 0 Å². The molecule has 3 N–H and O–H groups in total. The maximum absolute atomic E-state index is 13.8. The number of carbonyl (C=O) groups is 3. The summed E-state index contributed by atoms with van der Waals surface area (Å²) < 4.78 is 19.6. The number of halogens is 1. The molecule has 3 rings (SSSR count). The number of likely N-dealkylation sites (tertiary alicyclic amines) is 1. The fraction of sp³-hybridized carbons (Fsp3) is 0.840. The smallest absolute Gasteiger partial charge is 0.245 e. The highest BCUT2D eigenvalue weighted by Gasteiger charge is 2.54. The Morgan fingerprint density at radius 2 is 2.00 bits per heavy atom. The monoisotopic (exact) mass is 493 g/mol. The minimum absolute atomic E-state index is 0.0728. The van der Waals surface area contributed by atoms with E-state index in [-0.39, 0.29) is 42.4 Å². The van der Waals surface area contributed by atoms with Gasteiger partial charge in [-0.1, -0.05) is 27.7 Å². The average molecular weight is 494 g/mol. The first kappa shape index (κ1) is 27.3. The zero-order valence-corrected chi connectivity index (χ0v) is 21.7. The Kier molecular flexibility index (Phi) is 8.12. The molecule has 1 aliphatic carbocycles. The first-order valence-corrected chi connectivity index (χ1v) is 12.7. The Labute approximate surface area is 207 Å². The van der Waals surface area contributed by atoms with Crippen LogP contribution in [0, 0.1) is 28.6 Å². The highest BCUT2D eigenvalue weighted by Crippen LogP contribution is 2.46. The molecule has 7 unspecified atom stereocenters. The lowest BCUT2D eigenvalue weighted by atomic mass is 9.80. The van der Waals surface area contributed by atoms with Gasteiger partial charge in [0.05, 0.1) is 18.3 Å². The summed E-state index contributed by atoms with van der Waals surface area (Å²) in [5, 5.41) is 15.5. The van der Waals surface area contributed by atoms with Gasteiger partial charge in [0.15, 0.2) is 0 Å². The van der Waals surface area contributed by atoms with E-state index in [9.17, 15) is 24.1 Å². The van der Waals surface area contributed by atoms with Crippen LogP contribution in [-0.4, -0.2) is 65.0 Å². The molecule has 35 heavy (non-hydrogen) atoms. The number of nitrogens with one attached hydrogen (secondary N) is 3. The van der Waals surface area contributed by atoms with Crippen molar-refractivity contribution in [2.75, 3.05) is 6.54 Å². The molecule has 9 nitrogen and oxygen atoms in total. The van der Waals surface area contributed by atoms with Gasteiger partial charge in [0.1, 0.15) is 18.1 Å². The Morgan fingerprint density at radius 1 is 1.34 bits per heavy atom. The molecular weight excluding hydrogens is 453 g/mol. The Bertz CT molecular complexity index is 870. The summed E-state index contributed by atoms with van der Waals surface area (Å²) in [6.07, 6.45) is 2.62. The number of nitriles is 1. The molecule has 2 heterocycles. The Balaban J connectivity index is 1.73. The van der Waals surface area contributed by atoms with E-state index in [2.05, 4.69) is 16.7 Å². The van der Waals surface area contributed by atoms with Crippen molar-refractivity contribution in [2.24, 2.45) is 17.3 Å². The van der Waals surface area contributed by atoms with Crippen LogP contribution in [0.3, 0.4) is 0 Å². The number of amides is 3. The zero-order valence-electron chi connectivity index (χ0n) is 21.7. The first-order chi connectivity index (χ1) is 16.4. The van der Waals surface area contributed by atoms with E-state index in [1.54, 1.807) is 12.5 Å². The van der Waals surface area contributed by atoms with E-state index in [0.29, 0.717) is 12.8 Å². The lowest BCUT2D eigenvalue weighted by molar-refractivity contribution is -0.146. The van der Waals surface area contributed by atoms with Crippen molar-refractivity contribution in [1.82, 2.24) is 21.1 Å². The summed E-state index contributed by atoms with van der Waals surface area (Å²) in [6.45, 7) is 11.5. The van der Waals surface area contributed by atoms with Crippen LogP contribution in [0.15, 0.2) is 0 Å². The highest BCUT2D eigenvalue weighted by atomic mass is 19.2. The maximum Gasteiger partial charge on any atom is 0.245 e. The average Bonchev–Trinajstić information content (AvgIpc) is 3.40. The Morgan fingerprint density at radius 3 is 2.51 bits per heavy atom. The van der Waals surface area contributed by atoms with Crippen LogP contribution < -0.4 is 16.2 Å². The normalized spacial score (nSPS) is 29.7. The largest absolute Gasteiger partial charge is 0.373 e. The van der Waals surface area contributed by atoms with E-state index in [0.717, 1.165) is 12.8 Å². The third-order valence-corrected chi connectivity index (χ3v) is 8.29. The van der Waals surface area contributed by atoms with Crippen molar-refractivity contribution in [2.45, 2.75) is 110 Å². The molecule has 0 aromatic rings. The number of ether oxygens (including phenoxy) is 1. The minimum Gasteiger partial charge on any atom is -0.373 e. The molecule has 2 saturated heterocycles. The first-order valence-electron chi connectivity index (χ1n) is 12.7. The molecule has 0 radical (unpaired) electrons. The molecule has 10 heteroatoms. The molecule has 0 aromatic carbocycles. The van der Waals surface area contributed by atoms with Gasteiger partial charge >= 0.3 is 0 Å². The van der Waals surface area contributed by atoms with Crippen LogP contribution in [0.1, 0.15) is 73.6 Å². The molecule has 3 amide bonds. The lowest BCUT2D eigenvalue weighted by Crippen LogP contribution is -2.57. The molecule has 196 valence electrons. The predicted molar refractivity (Wildman–Crippen MR) is 127 cm³/mol. The molecule has 0 bridgehead atoms. The van der Waals surface area contributed by atoms with Gasteiger partial charge < -0.3 is 20.3 Å². The molecular formula is C25H40FN5O4. The molecule has 0 aromatic heterocycles. The van der Waals surface area contributed by atoms with Gasteiger partial charge in [-0.2, -0.15) is 5.26 Å². The topological polar surface area (TPSA) is 124 Å². The fourth-order valence-electron chi connectivity index (χ4n) is 5.35. The van der Waals surface area contributed by atoms with Crippen molar-refractivity contribution in [3.8, 4) is 6.07 Å². The summed E-state index contributed by atoms with van der Waals surface area (Å²) in [7, 11) is 0. The van der Waals surface area contributed by atoms with Crippen molar-refractivity contribution in [3.63, 3.8) is 0 Å². The van der Waals surface area contributed by atoms with Crippen molar-refractivity contribution in [3.05, 3.63) is 0 Å². The van der Waals surface area contributed by atoms with Crippen LogP contribution in [0.5, 0.6) is 0 Å². The lowest BCUT2D eigenvalue weighted by Gasteiger charge is -2.32. The van der Waals surface area contributed by atoms with E-state index < -0.39 is 41.5 Å². The summed E-state index contributed by atoms with van der Waals surface area (Å²) in [6, 6.07) is -0.883. The van der Waals surface area contributed by atoms with E-state index in [1.165, 1.54) is 4.90 Å². The highest BCUT2D eigenvalue weighted by molar-refractivity contribution is 5.91. The van der Waals surface area contributed by atoms with Crippen molar-refractivity contribution >= 4 is 17.7 Å². The van der Waals surface area contributed by atoms with Crippen LogP contribution in [0.4, 0.5) is 4.48 Å². The molecule has 7 atom stereocenters. The molecule has 2 aliphatic heterocycles. The van der Waals surface area contributed by atoms with E-state index in [4.69, 9.17) is 4.74 Å². The number of rotatable bonds is 10. The SMILES string of the molecule is CCC(C)OC(C)C(NF)C(=O)N1CC(C)(C)C(C)C1C(=O)NC(C#N)CC1CC2(CC2)NC1=O. The molecule has 1 spiro atoms. The number of hydrogen-bond acceptors (Lipinski definition) is 6. The fourth-order valence-corrected chi connectivity index (χ4v) is 5.35. The quantitative estimate of drug-likeness (QED) is 0.400. The molecule has 1 saturated carbocycles. The maximum atomic E-state index is 13.8. The van der Waals surface area contributed by atoms with Crippen LogP contribution in [-0.2, 0) is 19.1 Å². The predicted octanol–water partition coefficient (Wildman–Crippen LogP) is 1.97. The summed E-state index contributed by atoms with van der Waals surface area (Å²) in [4.78, 5) is 40.6. The van der Waals surface area contributed by atoms with E-state index in [1.807, 2.05) is 34.6 Å². The van der Waals surface area contributed by atoms with Gasteiger partial charge in [-0.15, -0.1) is 10.0 Å². The van der Waals surface area contributed by atoms with E-state index >= 15 is 0 Å². The van der Waals surface area contributed by atoms with Gasteiger partial charge in [0.25, 0.3) is 0 Å². The standard InChI is InChI=1S/C25H40FN5O4/c1-7-14(2)35-16(4)19(30-26)23(34)31-13-24(5,6)15(3)20(31)22(33)28-18(12-27)10-17-11-25(8-9-25)29-21(17)32/h14-20,30H,7-11,13H2,1-6H3,(H,28,33)(H,29,32). The van der Waals surface area contributed by atoms with Gasteiger partial charge in [0, 0.05) is 18.0 Å². The Hall–Kier alpha value is -2.25. The third-order valence-electron chi connectivity index (χ3n) is 8.29. The number of hydrogen-bond donors (Lipinski definition) is 3. The second-order valence-corrected chi connectivity index (χ2v) is 11.4. The van der Waals surface area contributed by atoms with Gasteiger partial charge in [-0.3, -0.25) is 14.4 Å². The van der Waals surface area contributed by atoms with Gasteiger partial charge in [0.2, 0.25) is 17.7 Å². The second kappa shape index (κ2) is 10.4. The zero-order chi connectivity index (χ0) is 26.1. The second-order valence-electron chi connectivity index (χ2n) is 11.4. The van der Waals surface area contributed by atoms with Crippen LogP contribution in [0.25, 0.3) is 0 Å². The minimum atomic E-state index is -1.26. The summed E-state index contributed by atoms with van der Waals surface area (Å²) in [5.41, 5.74) is 1.08. The number of nitrogens with zero attached hydrogens (tertiary/aromatic N) is 2. The van der Waals surface area contributed by atoms with Crippen molar-refractivity contribution < 1.29 is 23.6 Å². The number of carbonyl (C=O) groups excluding carboxylic acids is 3. The molecule has 3 fully saturated rings. The third kappa shape index (κ3) is 5.78.